The molecule has 0 unspecified atom stereocenters. The van der Waals surface area contributed by atoms with Crippen molar-refractivity contribution < 1.29 is 0 Å². The summed E-state index contributed by atoms with van der Waals surface area (Å²) in [6, 6.07) is 8.28. The van der Waals surface area contributed by atoms with Crippen LogP contribution in [0.25, 0.3) is 0 Å². The Hall–Kier alpha value is -1.11. The zero-order valence-corrected chi connectivity index (χ0v) is 8.33. The first-order valence-electron chi connectivity index (χ1n) is 4.32. The van der Waals surface area contributed by atoms with Crippen molar-refractivity contribution in [1.82, 2.24) is 0 Å². The molecular weight excluding hydrogens is 146 g/mol. The van der Waals surface area contributed by atoms with Crippen molar-refractivity contribution in [3.05, 3.63) is 35.4 Å². The predicted molar refractivity (Wildman–Crippen MR) is 56.0 cm³/mol. The SMILES string of the molecule is CC.CN=Cc1ccc(C)cc1. The molecule has 1 aromatic carbocycles. The highest BCUT2D eigenvalue weighted by Gasteiger charge is 1.84. The fourth-order valence-electron chi connectivity index (χ4n) is 0.802. The molecule has 0 radical (unpaired) electrons. The van der Waals surface area contributed by atoms with Gasteiger partial charge in [-0.25, -0.2) is 0 Å². The van der Waals surface area contributed by atoms with Gasteiger partial charge in [-0.05, 0) is 12.5 Å². The topological polar surface area (TPSA) is 12.4 Å². The van der Waals surface area contributed by atoms with Gasteiger partial charge in [-0.3, -0.25) is 4.99 Å². The van der Waals surface area contributed by atoms with E-state index in [1.54, 1.807) is 7.05 Å². The molecule has 66 valence electrons. The van der Waals surface area contributed by atoms with E-state index in [4.69, 9.17) is 0 Å². The van der Waals surface area contributed by atoms with Gasteiger partial charge in [-0.2, -0.15) is 0 Å². The summed E-state index contributed by atoms with van der Waals surface area (Å²) < 4.78 is 0. The Bertz CT molecular complexity index is 221. The number of aryl methyl sites for hydroxylation is 1. The summed E-state index contributed by atoms with van der Waals surface area (Å²) in [4.78, 5) is 3.91. The van der Waals surface area contributed by atoms with Crippen LogP contribution in [0.5, 0.6) is 0 Å². The Balaban J connectivity index is 0.000000561. The molecule has 0 amide bonds. The number of nitrogens with zero attached hydrogens (tertiary/aromatic N) is 1. The van der Waals surface area contributed by atoms with E-state index in [9.17, 15) is 0 Å². The van der Waals surface area contributed by atoms with Crippen molar-refractivity contribution in [1.29, 1.82) is 0 Å². The maximum absolute atomic E-state index is 3.91. The van der Waals surface area contributed by atoms with E-state index in [2.05, 4.69) is 36.2 Å². The Morgan fingerprint density at radius 1 is 1.08 bits per heavy atom. The van der Waals surface area contributed by atoms with Crippen LogP contribution >= 0.6 is 0 Å². The molecule has 1 aromatic rings. The molecule has 0 atom stereocenters. The highest BCUT2D eigenvalue weighted by molar-refractivity contribution is 5.79. The second-order valence-corrected chi connectivity index (χ2v) is 2.30. The van der Waals surface area contributed by atoms with Crippen LogP contribution in [0, 0.1) is 6.92 Å². The summed E-state index contributed by atoms with van der Waals surface area (Å²) in [6.45, 7) is 6.08. The molecular formula is C11H17N. The molecule has 0 saturated heterocycles. The van der Waals surface area contributed by atoms with Crippen LogP contribution in [0.4, 0.5) is 0 Å². The maximum Gasteiger partial charge on any atom is 0.0281 e. The Morgan fingerprint density at radius 3 is 2.00 bits per heavy atom. The predicted octanol–water partition coefficient (Wildman–Crippen LogP) is 3.07. The molecule has 0 saturated carbocycles. The van der Waals surface area contributed by atoms with E-state index >= 15 is 0 Å². The van der Waals surface area contributed by atoms with Crippen LogP contribution < -0.4 is 0 Å². The Kier molecular flexibility index (Phi) is 5.98. The van der Waals surface area contributed by atoms with Crippen molar-refractivity contribution >= 4 is 6.21 Å². The molecule has 0 aliphatic heterocycles. The van der Waals surface area contributed by atoms with Crippen molar-refractivity contribution in [3.63, 3.8) is 0 Å². The largest absolute Gasteiger partial charge is 0.296 e. The Morgan fingerprint density at radius 2 is 1.58 bits per heavy atom. The third kappa shape index (κ3) is 3.91. The number of benzene rings is 1. The van der Waals surface area contributed by atoms with Gasteiger partial charge in [0.15, 0.2) is 0 Å². The smallest absolute Gasteiger partial charge is 0.0281 e. The lowest BCUT2D eigenvalue weighted by molar-refractivity contribution is 1.44. The minimum absolute atomic E-state index is 1.16. The van der Waals surface area contributed by atoms with Gasteiger partial charge in [-0.1, -0.05) is 43.7 Å². The van der Waals surface area contributed by atoms with Gasteiger partial charge >= 0.3 is 0 Å². The van der Waals surface area contributed by atoms with Crippen molar-refractivity contribution in [2.45, 2.75) is 20.8 Å². The Labute approximate surface area is 75.2 Å². The minimum atomic E-state index is 1.16. The molecule has 0 aliphatic carbocycles. The van der Waals surface area contributed by atoms with Gasteiger partial charge in [0.05, 0.1) is 0 Å². The van der Waals surface area contributed by atoms with Gasteiger partial charge in [0.25, 0.3) is 0 Å². The first-order chi connectivity index (χ1) is 5.83. The molecule has 0 aromatic heterocycles. The molecule has 0 spiro atoms. The summed E-state index contributed by atoms with van der Waals surface area (Å²) in [7, 11) is 1.78. The summed E-state index contributed by atoms with van der Waals surface area (Å²) >= 11 is 0. The zero-order valence-electron chi connectivity index (χ0n) is 8.33. The fourth-order valence-corrected chi connectivity index (χ4v) is 0.802. The zero-order chi connectivity index (χ0) is 9.40. The molecule has 0 bridgehead atoms. The van der Waals surface area contributed by atoms with E-state index in [1.807, 2.05) is 20.1 Å². The van der Waals surface area contributed by atoms with E-state index in [1.165, 1.54) is 5.56 Å². The highest BCUT2D eigenvalue weighted by Crippen LogP contribution is 1.99. The molecule has 1 rings (SSSR count). The molecule has 0 aliphatic rings. The summed E-state index contributed by atoms with van der Waals surface area (Å²) in [6.07, 6.45) is 1.85. The van der Waals surface area contributed by atoms with Gasteiger partial charge in [0.1, 0.15) is 0 Å². The summed E-state index contributed by atoms with van der Waals surface area (Å²) in [5, 5.41) is 0. The van der Waals surface area contributed by atoms with E-state index in [0.717, 1.165) is 5.56 Å². The number of hydrogen-bond donors (Lipinski definition) is 0. The lowest BCUT2D eigenvalue weighted by Crippen LogP contribution is -1.79. The van der Waals surface area contributed by atoms with E-state index in [-0.39, 0.29) is 0 Å². The molecule has 0 heterocycles. The molecule has 12 heavy (non-hydrogen) atoms. The number of hydrogen-bond acceptors (Lipinski definition) is 1. The van der Waals surface area contributed by atoms with E-state index < -0.39 is 0 Å². The number of aliphatic imine (C=N–C) groups is 1. The van der Waals surface area contributed by atoms with Crippen LogP contribution in [-0.2, 0) is 0 Å². The third-order valence-corrected chi connectivity index (χ3v) is 1.36. The summed E-state index contributed by atoms with van der Waals surface area (Å²) in [5.74, 6) is 0. The second kappa shape index (κ2) is 6.59. The van der Waals surface area contributed by atoms with E-state index in [0.29, 0.717) is 0 Å². The lowest BCUT2D eigenvalue weighted by Gasteiger charge is -1.91. The monoisotopic (exact) mass is 163 g/mol. The number of rotatable bonds is 1. The maximum atomic E-state index is 3.91. The first kappa shape index (κ1) is 10.9. The average Bonchev–Trinajstić information content (AvgIpc) is 2.13. The third-order valence-electron chi connectivity index (χ3n) is 1.36. The normalized spacial score (nSPS) is 9.33. The van der Waals surface area contributed by atoms with Crippen LogP contribution in [-0.4, -0.2) is 13.3 Å². The second-order valence-electron chi connectivity index (χ2n) is 2.30. The van der Waals surface area contributed by atoms with Gasteiger partial charge in [0.2, 0.25) is 0 Å². The fraction of sp³-hybridized carbons (Fsp3) is 0.364. The summed E-state index contributed by atoms with van der Waals surface area (Å²) in [5.41, 5.74) is 2.45. The van der Waals surface area contributed by atoms with Crippen molar-refractivity contribution in [2.24, 2.45) is 4.99 Å². The van der Waals surface area contributed by atoms with Crippen LogP contribution in [0.2, 0.25) is 0 Å². The standard InChI is InChI=1S/C9H11N.C2H6/c1-8-3-5-9(6-4-8)7-10-2;1-2/h3-7H,1-2H3;1-2H3. The lowest BCUT2D eigenvalue weighted by atomic mass is 10.2. The molecule has 1 nitrogen and oxygen atoms in total. The van der Waals surface area contributed by atoms with Crippen LogP contribution in [0.1, 0.15) is 25.0 Å². The van der Waals surface area contributed by atoms with Gasteiger partial charge in [0, 0.05) is 13.3 Å². The van der Waals surface area contributed by atoms with Crippen LogP contribution in [0.15, 0.2) is 29.3 Å². The minimum Gasteiger partial charge on any atom is -0.296 e. The quantitative estimate of drug-likeness (QED) is 0.564. The molecule has 0 fully saturated rings. The van der Waals surface area contributed by atoms with Gasteiger partial charge < -0.3 is 0 Å². The first-order valence-corrected chi connectivity index (χ1v) is 4.32. The van der Waals surface area contributed by atoms with Gasteiger partial charge in [-0.15, -0.1) is 0 Å². The molecule has 0 N–H and O–H groups in total. The van der Waals surface area contributed by atoms with Crippen molar-refractivity contribution in [3.8, 4) is 0 Å². The van der Waals surface area contributed by atoms with Crippen LogP contribution in [0.3, 0.4) is 0 Å². The van der Waals surface area contributed by atoms with Crippen molar-refractivity contribution in [2.75, 3.05) is 7.05 Å². The molecule has 1 heteroatoms. The highest BCUT2D eigenvalue weighted by atomic mass is 14.6. The average molecular weight is 163 g/mol.